The molecule has 5 heterocycles. The van der Waals surface area contributed by atoms with Crippen molar-refractivity contribution in [1.82, 2.24) is 0 Å². The van der Waals surface area contributed by atoms with Crippen molar-refractivity contribution in [1.29, 1.82) is 0 Å². The van der Waals surface area contributed by atoms with Crippen molar-refractivity contribution in [3.05, 3.63) is 147 Å². The van der Waals surface area contributed by atoms with Gasteiger partial charge in [0.15, 0.2) is 0 Å². The molecule has 8 bridgehead atoms. The van der Waals surface area contributed by atoms with Gasteiger partial charge in [0.25, 0.3) is 5.95 Å². The Morgan fingerprint density at radius 2 is 1.33 bits per heavy atom. The highest BCUT2D eigenvalue weighted by Gasteiger charge is 2.36. The Morgan fingerprint density at radius 3 is 2.00 bits per heavy atom. The number of aryl methyl sites for hydroxylation is 1. The molecule has 0 amide bonds. The number of hydrogen-bond acceptors (Lipinski definition) is 7. The van der Waals surface area contributed by atoms with Gasteiger partial charge in [-0.1, -0.05) is 61.6 Å². The van der Waals surface area contributed by atoms with Crippen molar-refractivity contribution in [2.45, 2.75) is 46.5 Å². The number of aliphatic hydroxyl groups excluding tert-OH is 2. The summed E-state index contributed by atoms with van der Waals surface area (Å²) in [5.74, 6) is 0.115. The van der Waals surface area contributed by atoms with E-state index in [2.05, 4.69) is 50.8 Å². The molecule has 0 atom stereocenters. The second-order valence-corrected chi connectivity index (χ2v) is 20.1. The van der Waals surface area contributed by atoms with Crippen LogP contribution in [0, 0.1) is 12.3 Å². The van der Waals surface area contributed by atoms with Crippen molar-refractivity contribution in [3.8, 4) is 0 Å². The van der Waals surface area contributed by atoms with E-state index in [9.17, 15) is 10.2 Å². The van der Waals surface area contributed by atoms with Crippen LogP contribution in [0.3, 0.4) is 0 Å². The molecule has 49 heavy (non-hydrogen) atoms. The summed E-state index contributed by atoms with van der Waals surface area (Å²) in [5, 5.41) is 23.5. The molecule has 0 unspecified atom stereocenters. The first-order valence-electron chi connectivity index (χ1n) is 16.6. The van der Waals surface area contributed by atoms with E-state index < -0.39 is 13.5 Å². The van der Waals surface area contributed by atoms with Gasteiger partial charge in [-0.15, -0.1) is 0 Å². The zero-order valence-corrected chi connectivity index (χ0v) is 29.7. The maximum Gasteiger partial charge on any atom is 0.284 e. The summed E-state index contributed by atoms with van der Waals surface area (Å²) in [5.41, 5.74) is 8.95. The van der Waals surface area contributed by atoms with Gasteiger partial charge in [0.2, 0.25) is 0 Å². The highest BCUT2D eigenvalue weighted by molar-refractivity contribution is 6.76. The van der Waals surface area contributed by atoms with E-state index in [4.69, 9.17) is 24.7 Å². The number of ether oxygens (including phenoxy) is 1. The summed E-state index contributed by atoms with van der Waals surface area (Å²) in [7, 11) is -1.29. The lowest BCUT2D eigenvalue weighted by Crippen LogP contribution is -2.23. The molecule has 0 aliphatic carbocycles. The number of benzene rings is 2. The van der Waals surface area contributed by atoms with E-state index in [1.54, 1.807) is 0 Å². The Bertz CT molecular complexity index is 2240. The summed E-state index contributed by atoms with van der Waals surface area (Å²) >= 11 is 0. The SMILES string of the molecule is Cc1ccc(C2=C3C=CC(=N3)C(=c3ccc(=C(O)OCC[Si](C)(C)C)cc3)C3=NC(=CC4=C(O)C(C)(C)C(=N4)C=C4C=CC2=N4)C=C3)cc1. The lowest BCUT2D eigenvalue weighted by molar-refractivity contribution is 0.189. The minimum atomic E-state index is -1.29. The number of hydrogen-bond donors (Lipinski definition) is 2. The van der Waals surface area contributed by atoms with Crippen molar-refractivity contribution >= 4 is 48.0 Å². The summed E-state index contributed by atoms with van der Waals surface area (Å²) in [6, 6.07) is 17.0. The summed E-state index contributed by atoms with van der Waals surface area (Å²) in [6.07, 6.45) is 15.7. The molecule has 7 rings (SSSR count). The third-order valence-electron chi connectivity index (χ3n) is 9.12. The maximum absolute atomic E-state index is 11.3. The van der Waals surface area contributed by atoms with Crippen LogP contribution in [0.1, 0.15) is 25.0 Å². The first-order chi connectivity index (χ1) is 23.4. The van der Waals surface area contributed by atoms with Crippen LogP contribution in [0.4, 0.5) is 0 Å². The van der Waals surface area contributed by atoms with E-state index in [-0.39, 0.29) is 11.7 Å². The second kappa shape index (κ2) is 12.3. The molecular formula is C41H40N4O3Si. The van der Waals surface area contributed by atoms with E-state index >= 15 is 0 Å². The molecule has 0 spiro atoms. The van der Waals surface area contributed by atoms with E-state index in [0.717, 1.165) is 62.2 Å². The Hall–Kier alpha value is -5.34. The topological polar surface area (TPSA) is 99.1 Å². The van der Waals surface area contributed by atoms with Crippen molar-refractivity contribution in [3.63, 3.8) is 0 Å². The van der Waals surface area contributed by atoms with Gasteiger partial charge >= 0.3 is 0 Å². The van der Waals surface area contributed by atoms with E-state index in [0.29, 0.717) is 23.2 Å². The lowest BCUT2D eigenvalue weighted by atomic mass is 9.86. The summed E-state index contributed by atoms with van der Waals surface area (Å²) < 4.78 is 5.71. The van der Waals surface area contributed by atoms with Crippen LogP contribution < -0.4 is 10.4 Å². The van der Waals surface area contributed by atoms with Crippen LogP contribution in [0.25, 0.3) is 17.1 Å². The van der Waals surface area contributed by atoms with Crippen LogP contribution in [0.2, 0.25) is 25.7 Å². The quantitative estimate of drug-likeness (QED) is 0.322. The Labute approximate surface area is 288 Å². The molecule has 5 aliphatic heterocycles. The first-order valence-corrected chi connectivity index (χ1v) is 20.3. The van der Waals surface area contributed by atoms with Crippen molar-refractivity contribution in [2.24, 2.45) is 25.4 Å². The molecule has 2 aromatic rings. The van der Waals surface area contributed by atoms with Crippen LogP contribution in [-0.4, -0.2) is 47.7 Å². The first kappa shape index (κ1) is 32.2. The van der Waals surface area contributed by atoms with Crippen LogP contribution in [0.15, 0.2) is 146 Å². The molecule has 0 saturated carbocycles. The number of rotatable bonds is 5. The fraction of sp³-hybridized carbons (Fsp3) is 0.220. The molecule has 246 valence electrons. The van der Waals surface area contributed by atoms with Gasteiger partial charge in [-0.05, 0) is 98.3 Å². The highest BCUT2D eigenvalue weighted by atomic mass is 28.3. The summed E-state index contributed by atoms with van der Waals surface area (Å²) in [6.45, 7) is 13.3. The predicted molar refractivity (Wildman–Crippen MR) is 204 cm³/mol. The largest absolute Gasteiger partial charge is 0.509 e. The molecule has 0 fully saturated rings. The normalized spacial score (nSPS) is 19.2. The Morgan fingerprint density at radius 1 is 0.714 bits per heavy atom. The fourth-order valence-electron chi connectivity index (χ4n) is 6.08. The number of nitrogens with zero attached hydrogens (tertiary/aromatic N) is 4. The van der Waals surface area contributed by atoms with Crippen molar-refractivity contribution < 1.29 is 14.9 Å². The van der Waals surface area contributed by atoms with Gasteiger partial charge in [-0.2, -0.15) is 0 Å². The molecule has 8 heteroatoms. The third-order valence-corrected chi connectivity index (χ3v) is 10.8. The fourth-order valence-corrected chi connectivity index (χ4v) is 6.80. The van der Waals surface area contributed by atoms with Gasteiger partial charge < -0.3 is 14.9 Å². The molecule has 7 nitrogen and oxygen atoms in total. The molecule has 0 radical (unpaired) electrons. The minimum absolute atomic E-state index is 0.0755. The monoisotopic (exact) mass is 664 g/mol. The average Bonchev–Trinajstić information content (AvgIpc) is 3.86. The van der Waals surface area contributed by atoms with E-state index in [1.165, 1.54) is 5.56 Å². The van der Waals surface area contributed by atoms with E-state index in [1.807, 2.05) is 86.7 Å². The Kier molecular flexibility index (Phi) is 8.07. The lowest BCUT2D eigenvalue weighted by Gasteiger charge is -2.19. The van der Waals surface area contributed by atoms with Crippen LogP contribution in [-0.2, 0) is 4.74 Å². The van der Waals surface area contributed by atoms with Gasteiger partial charge in [-0.25, -0.2) is 20.0 Å². The zero-order valence-electron chi connectivity index (χ0n) is 28.7. The number of allylic oxidation sites excluding steroid dienone is 10. The molecular weight excluding hydrogens is 625 g/mol. The maximum atomic E-state index is 11.3. The minimum Gasteiger partial charge on any atom is -0.509 e. The number of fused-ring (bicyclic) bond motifs is 4. The molecule has 2 N–H and O–H groups in total. The van der Waals surface area contributed by atoms with Gasteiger partial charge in [-0.3, -0.25) is 0 Å². The highest BCUT2D eigenvalue weighted by Crippen LogP contribution is 2.39. The van der Waals surface area contributed by atoms with Gasteiger partial charge in [0.05, 0.1) is 57.2 Å². The Balaban J connectivity index is 1.43. The van der Waals surface area contributed by atoms with Crippen LogP contribution >= 0.6 is 0 Å². The number of aliphatic imine (C=N–C) groups is 4. The smallest absolute Gasteiger partial charge is 0.284 e. The molecule has 2 aromatic carbocycles. The summed E-state index contributed by atoms with van der Waals surface area (Å²) in [4.78, 5) is 20.1. The average molecular weight is 665 g/mol. The molecule has 0 saturated heterocycles. The number of aliphatic hydroxyl groups is 2. The third kappa shape index (κ3) is 6.44. The predicted octanol–water partition coefficient (Wildman–Crippen LogP) is 7.60. The molecule has 0 aromatic heterocycles. The second-order valence-electron chi connectivity index (χ2n) is 14.5. The standard InChI is InChI=1S/C41H40N4O3Si/c1-25-7-9-26(10-8-25)37-32-18-16-30(43-32)24-36-41(2,3)39(46)35(45-36)23-29-15-17-31(42-29)38(34-20-19-33(37)44-34)27-11-13-28(14-12-27)40(47)48-21-22-49(4,5)6/h7-20,23-24,46-47H,21-22H2,1-6H3. The van der Waals surface area contributed by atoms with Crippen LogP contribution in [0.5, 0.6) is 0 Å². The van der Waals surface area contributed by atoms with Crippen molar-refractivity contribution in [2.75, 3.05) is 6.61 Å². The zero-order chi connectivity index (χ0) is 34.5. The van der Waals surface area contributed by atoms with Gasteiger partial charge in [0.1, 0.15) is 11.5 Å². The van der Waals surface area contributed by atoms with Gasteiger partial charge in [0, 0.05) is 19.2 Å². The molecule has 5 aliphatic rings.